The Morgan fingerprint density at radius 1 is 0.792 bits per heavy atom. The fourth-order valence-corrected chi connectivity index (χ4v) is 9.24. The summed E-state index contributed by atoms with van der Waals surface area (Å²) in [6.07, 6.45) is 4.05. The summed E-state index contributed by atoms with van der Waals surface area (Å²) >= 11 is 3.44. The number of aryl methyl sites for hydroxylation is 1. The molecule has 7 heteroatoms. The van der Waals surface area contributed by atoms with E-state index in [9.17, 15) is 19.5 Å². The van der Waals surface area contributed by atoms with Gasteiger partial charge in [0, 0.05) is 27.4 Å². The summed E-state index contributed by atoms with van der Waals surface area (Å²) in [6, 6.07) is 31.2. The van der Waals surface area contributed by atoms with Gasteiger partial charge in [-0.05, 0) is 72.7 Å². The molecule has 6 atom stereocenters. The van der Waals surface area contributed by atoms with Gasteiger partial charge >= 0.3 is 0 Å². The minimum atomic E-state index is -1.38. The van der Waals surface area contributed by atoms with Gasteiger partial charge in [-0.3, -0.25) is 24.1 Å². The van der Waals surface area contributed by atoms with E-state index in [0.717, 1.165) is 10.0 Å². The second kappa shape index (κ2) is 11.4. The number of Topliss-reactive ketones (excluding diaryl/α,β-unsaturated/α-hetero) is 1. The summed E-state index contributed by atoms with van der Waals surface area (Å²) < 4.78 is 0.833. The van der Waals surface area contributed by atoms with Crippen molar-refractivity contribution < 1.29 is 24.3 Å². The number of ketones is 2. The number of hydrogen-bond acceptors (Lipinski definition) is 5. The fourth-order valence-electron chi connectivity index (χ4n) is 8.98. The topological polar surface area (TPSA) is 91.8 Å². The molecule has 2 fully saturated rings. The van der Waals surface area contributed by atoms with Crippen molar-refractivity contribution >= 4 is 50.6 Å². The van der Waals surface area contributed by atoms with Crippen LogP contribution in [-0.2, 0) is 24.6 Å². The highest BCUT2D eigenvalue weighted by Gasteiger charge is 2.66. The molecule has 4 aliphatic rings. The number of allylic oxidation sites excluding steroid dienone is 4. The molecule has 0 bridgehead atoms. The third-order valence-electron chi connectivity index (χ3n) is 11.0. The van der Waals surface area contributed by atoms with Crippen LogP contribution in [0, 0.1) is 30.6 Å². The van der Waals surface area contributed by atoms with E-state index < -0.39 is 35.0 Å². The van der Waals surface area contributed by atoms with Crippen molar-refractivity contribution in [1.82, 2.24) is 0 Å². The largest absolute Gasteiger partial charge is 0.507 e. The molecule has 1 heterocycles. The van der Waals surface area contributed by atoms with E-state index in [1.54, 1.807) is 24.3 Å². The van der Waals surface area contributed by atoms with Crippen LogP contribution in [0.15, 0.2) is 125 Å². The predicted octanol–water partition coefficient (Wildman–Crippen LogP) is 7.49. The Labute approximate surface area is 286 Å². The molecule has 0 spiro atoms. The van der Waals surface area contributed by atoms with Crippen LogP contribution >= 0.6 is 15.9 Å². The first-order valence-electron chi connectivity index (χ1n) is 16.3. The highest BCUT2D eigenvalue weighted by atomic mass is 79.9. The van der Waals surface area contributed by atoms with Gasteiger partial charge in [0.15, 0.2) is 11.6 Å². The van der Waals surface area contributed by atoms with Gasteiger partial charge in [-0.2, -0.15) is 0 Å². The van der Waals surface area contributed by atoms with Crippen molar-refractivity contribution in [2.75, 3.05) is 4.90 Å². The lowest BCUT2D eigenvalue weighted by molar-refractivity contribution is -0.135. The molecular formula is C41H32BrNO5. The summed E-state index contributed by atoms with van der Waals surface area (Å²) in [6.45, 7) is 1.81. The second-order valence-electron chi connectivity index (χ2n) is 13.3. The molecule has 48 heavy (non-hydrogen) atoms. The Balaban J connectivity index is 1.37. The summed E-state index contributed by atoms with van der Waals surface area (Å²) in [5.74, 6) is -4.30. The van der Waals surface area contributed by atoms with Gasteiger partial charge in [0.05, 0.1) is 22.9 Å². The Kier molecular flexibility index (Phi) is 7.22. The second-order valence-corrected chi connectivity index (χ2v) is 14.2. The summed E-state index contributed by atoms with van der Waals surface area (Å²) in [7, 11) is 0. The van der Waals surface area contributed by atoms with Gasteiger partial charge in [-0.25, -0.2) is 0 Å². The number of rotatable bonds is 4. The molecule has 4 aromatic rings. The number of hydrogen-bond donors (Lipinski definition) is 1. The number of para-hydroxylation sites is 1. The quantitative estimate of drug-likeness (QED) is 0.176. The van der Waals surface area contributed by atoms with Gasteiger partial charge in [0.25, 0.3) is 0 Å². The first-order chi connectivity index (χ1) is 23.2. The number of anilines is 1. The molecule has 2 amide bonds. The molecule has 6 nitrogen and oxygen atoms in total. The number of fused-ring (bicyclic) bond motifs is 4. The van der Waals surface area contributed by atoms with Crippen molar-refractivity contribution in [2.24, 2.45) is 23.7 Å². The van der Waals surface area contributed by atoms with Crippen molar-refractivity contribution in [1.29, 1.82) is 0 Å². The van der Waals surface area contributed by atoms with E-state index >= 15 is 4.79 Å². The van der Waals surface area contributed by atoms with Gasteiger partial charge in [-0.1, -0.05) is 106 Å². The average molecular weight is 699 g/mol. The molecule has 3 aliphatic carbocycles. The van der Waals surface area contributed by atoms with E-state index in [2.05, 4.69) is 15.9 Å². The Morgan fingerprint density at radius 2 is 1.48 bits per heavy atom. The molecule has 1 N–H and O–H groups in total. The summed E-state index contributed by atoms with van der Waals surface area (Å²) in [5, 5.41) is 11.7. The first kappa shape index (κ1) is 30.5. The van der Waals surface area contributed by atoms with Crippen molar-refractivity contribution in [3.05, 3.63) is 148 Å². The number of carbonyl (C=O) groups is 4. The Hall–Kier alpha value is -4.88. The molecule has 1 aliphatic heterocycles. The maximum absolute atomic E-state index is 15.1. The number of phenolic OH excluding ortho intramolecular Hbond substituents is 1. The van der Waals surface area contributed by atoms with Crippen LogP contribution in [-0.4, -0.2) is 28.5 Å². The van der Waals surface area contributed by atoms with Gasteiger partial charge < -0.3 is 5.11 Å². The van der Waals surface area contributed by atoms with E-state index in [-0.39, 0.29) is 35.6 Å². The molecule has 1 saturated heterocycles. The van der Waals surface area contributed by atoms with E-state index in [1.807, 2.05) is 91.9 Å². The maximum Gasteiger partial charge on any atom is 0.238 e. The highest BCUT2D eigenvalue weighted by Crippen LogP contribution is 2.64. The first-order valence-corrected chi connectivity index (χ1v) is 17.1. The van der Waals surface area contributed by atoms with Crippen LogP contribution in [0.2, 0.25) is 0 Å². The Bertz CT molecular complexity index is 2070. The van der Waals surface area contributed by atoms with Crippen LogP contribution in [0.3, 0.4) is 0 Å². The molecule has 1 saturated carbocycles. The lowest BCUT2D eigenvalue weighted by Gasteiger charge is -2.55. The number of nitrogens with zero attached hydrogens (tertiary/aromatic N) is 1. The zero-order chi connectivity index (χ0) is 33.3. The van der Waals surface area contributed by atoms with E-state index in [0.29, 0.717) is 39.9 Å². The van der Waals surface area contributed by atoms with Crippen molar-refractivity contribution in [3.63, 3.8) is 0 Å². The molecule has 238 valence electrons. The lowest BCUT2D eigenvalue weighted by Crippen LogP contribution is -2.58. The zero-order valence-corrected chi connectivity index (χ0v) is 27.8. The smallest absolute Gasteiger partial charge is 0.238 e. The number of carbonyl (C=O) groups excluding carboxylic acids is 4. The number of amides is 2. The third-order valence-corrected chi connectivity index (χ3v) is 11.6. The number of imide groups is 1. The van der Waals surface area contributed by atoms with Gasteiger partial charge in [0.1, 0.15) is 5.75 Å². The summed E-state index contributed by atoms with van der Waals surface area (Å²) in [4.78, 5) is 59.8. The fraction of sp³-hybridized carbons (Fsp3) is 0.220. The zero-order valence-electron chi connectivity index (χ0n) is 26.2. The number of halogens is 1. The van der Waals surface area contributed by atoms with Crippen LogP contribution in [0.1, 0.15) is 41.0 Å². The molecule has 8 rings (SSSR count). The van der Waals surface area contributed by atoms with E-state index in [1.165, 1.54) is 11.0 Å². The van der Waals surface area contributed by atoms with Gasteiger partial charge in [-0.15, -0.1) is 0 Å². The third kappa shape index (κ3) is 4.30. The minimum Gasteiger partial charge on any atom is -0.507 e. The van der Waals surface area contributed by atoms with Crippen LogP contribution in [0.25, 0.3) is 5.57 Å². The molecule has 0 radical (unpaired) electrons. The van der Waals surface area contributed by atoms with Crippen LogP contribution in [0.4, 0.5) is 5.69 Å². The number of phenols is 1. The van der Waals surface area contributed by atoms with Crippen LogP contribution in [0.5, 0.6) is 5.75 Å². The SMILES string of the molecule is Cc1cccc([C@H]2C3=CC[C@@H]4C(=O)N(c5ccc(Br)cc5)C(=O)[C@@H]4[C@@H]3C[C@H]3C(=O)C(c4ccccc4)=CC(=O)[C@@]23c2ccccc2)c1O. The molecule has 4 aromatic carbocycles. The van der Waals surface area contributed by atoms with E-state index in [4.69, 9.17) is 0 Å². The summed E-state index contributed by atoms with van der Waals surface area (Å²) in [5.41, 5.74) is 2.82. The Morgan fingerprint density at radius 3 is 2.19 bits per heavy atom. The monoisotopic (exact) mass is 697 g/mol. The van der Waals surface area contributed by atoms with Crippen molar-refractivity contribution in [3.8, 4) is 5.75 Å². The van der Waals surface area contributed by atoms with Gasteiger partial charge in [0.2, 0.25) is 11.8 Å². The number of aromatic hydroxyl groups is 1. The standard InChI is InChI=1S/C41H32BrNO5/c1-23-9-8-14-30(37(23)45)36-28-19-20-29-35(40(48)43(39(29)47)27-17-15-26(42)16-18-27)32(28)21-33-38(46)31(24-10-4-2-5-11-24)22-34(44)41(33,36)25-12-6-3-7-13-25/h2-19,22,29,32-33,35-36,45H,20-21H2,1H3/t29-,32+,33-,35-,36+,41-/m0/s1. The predicted molar refractivity (Wildman–Crippen MR) is 186 cm³/mol. The van der Waals surface area contributed by atoms with Crippen LogP contribution < -0.4 is 4.90 Å². The highest BCUT2D eigenvalue weighted by molar-refractivity contribution is 9.10. The molecular weight excluding hydrogens is 666 g/mol. The molecule has 0 aromatic heterocycles. The minimum absolute atomic E-state index is 0.0589. The van der Waals surface area contributed by atoms with Crippen molar-refractivity contribution in [2.45, 2.75) is 31.1 Å². The maximum atomic E-state index is 15.1. The normalized spacial score (nSPS) is 28.0. The number of benzene rings is 4. The lowest BCUT2D eigenvalue weighted by atomic mass is 9.44. The average Bonchev–Trinajstić information content (AvgIpc) is 3.37. The molecule has 0 unspecified atom stereocenters.